The third kappa shape index (κ3) is 3.49. The molecule has 1 aliphatic heterocycles. The first kappa shape index (κ1) is 13.0. The molecule has 1 aromatic heterocycles. The van der Waals surface area contributed by atoms with Crippen LogP contribution in [0.3, 0.4) is 0 Å². The van der Waals surface area contributed by atoms with Crippen LogP contribution in [0.4, 0.5) is 0 Å². The van der Waals surface area contributed by atoms with Gasteiger partial charge in [0.2, 0.25) is 0 Å². The molecular formula is C13H16O2S2. The molecule has 1 aromatic rings. The molecule has 0 aromatic carbocycles. The Labute approximate surface area is 110 Å². The highest BCUT2D eigenvalue weighted by Gasteiger charge is 2.24. The molecule has 1 saturated heterocycles. The molecule has 1 aliphatic rings. The Morgan fingerprint density at radius 3 is 3.24 bits per heavy atom. The first-order chi connectivity index (χ1) is 8.31. The van der Waals surface area contributed by atoms with Crippen LogP contribution in [-0.4, -0.2) is 29.7 Å². The van der Waals surface area contributed by atoms with E-state index in [4.69, 9.17) is 9.84 Å². The van der Waals surface area contributed by atoms with Crippen molar-refractivity contribution in [3.05, 3.63) is 21.9 Å². The van der Waals surface area contributed by atoms with Crippen molar-refractivity contribution in [2.75, 3.05) is 13.2 Å². The van der Waals surface area contributed by atoms with Gasteiger partial charge < -0.3 is 9.84 Å². The number of aliphatic hydroxyl groups is 1. The van der Waals surface area contributed by atoms with Gasteiger partial charge in [0, 0.05) is 28.1 Å². The minimum Gasteiger partial charge on any atom is -0.384 e. The van der Waals surface area contributed by atoms with Crippen molar-refractivity contribution < 1.29 is 9.84 Å². The highest BCUT2D eigenvalue weighted by Crippen LogP contribution is 2.31. The standard InChI is InChI=1S/C13H16O2S2/c1-10-12(4-7-15-10)17-9-13-11(3-2-6-14)5-8-16-13/h5,8,10,12,14H,4,6-7,9H2,1H3. The highest BCUT2D eigenvalue weighted by atomic mass is 32.2. The van der Waals surface area contributed by atoms with Crippen molar-refractivity contribution in [3.8, 4) is 11.8 Å². The maximum atomic E-state index is 8.70. The van der Waals surface area contributed by atoms with E-state index in [1.807, 2.05) is 17.8 Å². The van der Waals surface area contributed by atoms with E-state index in [-0.39, 0.29) is 6.61 Å². The summed E-state index contributed by atoms with van der Waals surface area (Å²) in [7, 11) is 0. The molecule has 0 amide bonds. The molecule has 0 aliphatic carbocycles. The number of ether oxygens (including phenoxy) is 1. The van der Waals surface area contributed by atoms with Crippen LogP contribution < -0.4 is 0 Å². The van der Waals surface area contributed by atoms with Crippen molar-refractivity contribution >= 4 is 23.1 Å². The van der Waals surface area contributed by atoms with Gasteiger partial charge in [-0.15, -0.1) is 11.3 Å². The molecule has 17 heavy (non-hydrogen) atoms. The zero-order valence-corrected chi connectivity index (χ0v) is 11.4. The van der Waals surface area contributed by atoms with Gasteiger partial charge in [0.25, 0.3) is 0 Å². The lowest BCUT2D eigenvalue weighted by Crippen LogP contribution is -2.13. The molecular weight excluding hydrogens is 252 g/mol. The Morgan fingerprint density at radius 2 is 2.53 bits per heavy atom. The first-order valence-corrected chi connectivity index (χ1v) is 7.63. The average molecular weight is 268 g/mol. The summed E-state index contributed by atoms with van der Waals surface area (Å²) in [4.78, 5) is 1.30. The number of rotatable bonds is 3. The van der Waals surface area contributed by atoms with Crippen LogP contribution >= 0.6 is 23.1 Å². The quantitative estimate of drug-likeness (QED) is 0.854. The number of aliphatic hydroxyl groups excluding tert-OH is 1. The second-order valence-corrected chi connectivity index (χ2v) is 6.16. The van der Waals surface area contributed by atoms with Gasteiger partial charge in [-0.1, -0.05) is 11.8 Å². The Bertz CT molecular complexity index is 417. The summed E-state index contributed by atoms with van der Waals surface area (Å²) in [5.41, 5.74) is 1.06. The number of hydrogen-bond acceptors (Lipinski definition) is 4. The van der Waals surface area contributed by atoms with Crippen molar-refractivity contribution in [1.82, 2.24) is 0 Å². The van der Waals surface area contributed by atoms with Crippen molar-refractivity contribution in [2.45, 2.75) is 30.5 Å². The van der Waals surface area contributed by atoms with Crippen LogP contribution in [0.5, 0.6) is 0 Å². The van der Waals surface area contributed by atoms with E-state index in [0.29, 0.717) is 11.4 Å². The van der Waals surface area contributed by atoms with Crippen LogP contribution in [-0.2, 0) is 10.5 Å². The summed E-state index contributed by atoms with van der Waals surface area (Å²) in [5, 5.41) is 11.4. The van der Waals surface area contributed by atoms with E-state index in [1.165, 1.54) is 4.88 Å². The first-order valence-electron chi connectivity index (χ1n) is 5.70. The monoisotopic (exact) mass is 268 g/mol. The molecule has 1 N–H and O–H groups in total. The Kier molecular flexibility index (Phi) is 4.93. The second kappa shape index (κ2) is 6.46. The van der Waals surface area contributed by atoms with Crippen LogP contribution in [0.15, 0.2) is 11.4 Å². The molecule has 1 fully saturated rings. The predicted molar refractivity (Wildman–Crippen MR) is 73.4 cm³/mol. The zero-order valence-electron chi connectivity index (χ0n) is 9.81. The second-order valence-electron chi connectivity index (χ2n) is 3.93. The minimum absolute atomic E-state index is 0.0735. The fourth-order valence-electron chi connectivity index (χ4n) is 1.81. The van der Waals surface area contributed by atoms with Gasteiger partial charge in [-0.2, -0.15) is 11.8 Å². The molecule has 0 bridgehead atoms. The fraction of sp³-hybridized carbons (Fsp3) is 0.538. The summed E-state index contributed by atoms with van der Waals surface area (Å²) in [5.74, 6) is 6.69. The third-order valence-corrected chi connectivity index (χ3v) is 5.39. The number of thioether (sulfide) groups is 1. The van der Waals surface area contributed by atoms with E-state index in [2.05, 4.69) is 24.1 Å². The topological polar surface area (TPSA) is 29.5 Å². The molecule has 0 saturated carbocycles. The molecule has 0 radical (unpaired) electrons. The van der Waals surface area contributed by atoms with Crippen molar-refractivity contribution in [2.24, 2.45) is 0 Å². The molecule has 2 heterocycles. The maximum absolute atomic E-state index is 8.70. The van der Waals surface area contributed by atoms with Gasteiger partial charge in [0.15, 0.2) is 0 Å². The van der Waals surface area contributed by atoms with Crippen LogP contribution in [0.2, 0.25) is 0 Å². The molecule has 2 nitrogen and oxygen atoms in total. The molecule has 2 atom stereocenters. The lowest BCUT2D eigenvalue weighted by atomic mass is 10.2. The highest BCUT2D eigenvalue weighted by molar-refractivity contribution is 7.99. The summed E-state index contributed by atoms with van der Waals surface area (Å²) in [6.45, 7) is 2.96. The van der Waals surface area contributed by atoms with Crippen molar-refractivity contribution in [3.63, 3.8) is 0 Å². The lowest BCUT2D eigenvalue weighted by Gasteiger charge is -2.12. The van der Waals surface area contributed by atoms with Gasteiger partial charge in [-0.3, -0.25) is 0 Å². The van der Waals surface area contributed by atoms with E-state index >= 15 is 0 Å². The van der Waals surface area contributed by atoms with E-state index in [9.17, 15) is 0 Å². The van der Waals surface area contributed by atoms with Gasteiger partial charge in [0.05, 0.1) is 6.10 Å². The van der Waals surface area contributed by atoms with Gasteiger partial charge >= 0.3 is 0 Å². The Balaban J connectivity index is 1.92. The van der Waals surface area contributed by atoms with E-state index < -0.39 is 0 Å². The normalized spacial score (nSPS) is 23.4. The molecule has 4 heteroatoms. The molecule has 2 rings (SSSR count). The maximum Gasteiger partial charge on any atom is 0.104 e. The predicted octanol–water partition coefficient (Wildman–Crippen LogP) is 2.50. The summed E-state index contributed by atoms with van der Waals surface area (Å²) in [6, 6.07) is 2.03. The average Bonchev–Trinajstić information content (AvgIpc) is 2.93. The van der Waals surface area contributed by atoms with Gasteiger partial charge in [-0.25, -0.2) is 0 Å². The molecule has 0 spiro atoms. The van der Waals surface area contributed by atoms with Crippen LogP contribution in [0, 0.1) is 11.8 Å². The fourth-order valence-corrected chi connectivity index (χ4v) is 4.04. The van der Waals surface area contributed by atoms with E-state index in [0.717, 1.165) is 24.3 Å². The van der Waals surface area contributed by atoms with Crippen LogP contribution in [0.25, 0.3) is 0 Å². The van der Waals surface area contributed by atoms with Crippen LogP contribution in [0.1, 0.15) is 23.8 Å². The largest absolute Gasteiger partial charge is 0.384 e. The Morgan fingerprint density at radius 1 is 1.65 bits per heavy atom. The minimum atomic E-state index is -0.0735. The summed E-state index contributed by atoms with van der Waals surface area (Å²) in [6.07, 6.45) is 1.52. The number of thiophene rings is 1. The summed E-state index contributed by atoms with van der Waals surface area (Å²) < 4.78 is 5.55. The van der Waals surface area contributed by atoms with Gasteiger partial charge in [0.1, 0.15) is 6.61 Å². The zero-order chi connectivity index (χ0) is 12.1. The lowest BCUT2D eigenvalue weighted by molar-refractivity contribution is 0.127. The van der Waals surface area contributed by atoms with E-state index in [1.54, 1.807) is 11.3 Å². The SMILES string of the molecule is CC1OCCC1SCc1sccc1C#CCO. The Hall–Kier alpha value is -0.470. The summed E-state index contributed by atoms with van der Waals surface area (Å²) >= 11 is 3.69. The smallest absolute Gasteiger partial charge is 0.104 e. The van der Waals surface area contributed by atoms with Crippen molar-refractivity contribution in [1.29, 1.82) is 0 Å². The molecule has 92 valence electrons. The van der Waals surface area contributed by atoms with Gasteiger partial charge in [-0.05, 0) is 24.8 Å². The molecule has 2 unspecified atom stereocenters. The number of hydrogen-bond donors (Lipinski definition) is 1. The third-order valence-electron chi connectivity index (χ3n) is 2.78.